The Labute approximate surface area is 130 Å². The highest BCUT2D eigenvalue weighted by Crippen LogP contribution is 1.97. The standard InChI is InChI=1S/C12H27NO7S/c13-21-12(15)11-20-10-9-19-8-7-18-6-5-17-4-3-16-2-1-14/h12,14-15H,1-11,13H2. The van der Waals surface area contributed by atoms with Crippen LogP contribution in [0.15, 0.2) is 0 Å². The van der Waals surface area contributed by atoms with E-state index in [9.17, 15) is 0 Å². The van der Waals surface area contributed by atoms with E-state index in [2.05, 4.69) is 0 Å². The lowest BCUT2D eigenvalue weighted by molar-refractivity contribution is -0.0163. The van der Waals surface area contributed by atoms with Crippen molar-refractivity contribution in [1.82, 2.24) is 0 Å². The average Bonchev–Trinajstić information content (AvgIpc) is 2.50. The first-order valence-electron chi connectivity index (χ1n) is 6.84. The largest absolute Gasteiger partial charge is 0.394 e. The monoisotopic (exact) mass is 329 g/mol. The van der Waals surface area contributed by atoms with Crippen LogP contribution in [-0.2, 0) is 23.7 Å². The van der Waals surface area contributed by atoms with Crippen LogP contribution < -0.4 is 5.14 Å². The van der Waals surface area contributed by atoms with Crippen molar-refractivity contribution in [3.8, 4) is 0 Å². The van der Waals surface area contributed by atoms with E-state index in [1.54, 1.807) is 0 Å². The third kappa shape index (κ3) is 18.0. The second-order valence-corrected chi connectivity index (χ2v) is 4.66. The molecule has 0 aliphatic heterocycles. The molecule has 0 saturated heterocycles. The Balaban J connectivity index is 2.96. The third-order valence-corrected chi connectivity index (χ3v) is 2.59. The maximum atomic E-state index is 9.08. The number of hydrogen-bond acceptors (Lipinski definition) is 9. The van der Waals surface area contributed by atoms with Crippen molar-refractivity contribution < 1.29 is 33.9 Å². The summed E-state index contributed by atoms with van der Waals surface area (Å²) in [6, 6.07) is 0. The minimum Gasteiger partial charge on any atom is -0.394 e. The molecule has 0 saturated carbocycles. The summed E-state index contributed by atoms with van der Waals surface area (Å²) in [6.45, 7) is 4.36. The van der Waals surface area contributed by atoms with E-state index in [1.807, 2.05) is 0 Å². The number of aliphatic hydroxyl groups is 2. The molecule has 0 aliphatic rings. The van der Waals surface area contributed by atoms with E-state index in [0.29, 0.717) is 59.5 Å². The number of ether oxygens (including phenoxy) is 5. The van der Waals surface area contributed by atoms with Gasteiger partial charge in [0.1, 0.15) is 5.44 Å². The van der Waals surface area contributed by atoms with E-state index < -0.39 is 5.44 Å². The van der Waals surface area contributed by atoms with Crippen molar-refractivity contribution in [2.24, 2.45) is 5.14 Å². The van der Waals surface area contributed by atoms with Crippen LogP contribution in [0.4, 0.5) is 0 Å². The van der Waals surface area contributed by atoms with Crippen molar-refractivity contribution in [3.63, 3.8) is 0 Å². The normalized spacial score (nSPS) is 12.7. The van der Waals surface area contributed by atoms with Gasteiger partial charge in [-0.25, -0.2) is 0 Å². The number of nitrogens with two attached hydrogens (primary N) is 1. The van der Waals surface area contributed by atoms with E-state index in [-0.39, 0.29) is 13.2 Å². The fourth-order valence-electron chi connectivity index (χ4n) is 1.17. The van der Waals surface area contributed by atoms with Crippen molar-refractivity contribution in [2.75, 3.05) is 72.7 Å². The van der Waals surface area contributed by atoms with Gasteiger partial charge in [-0.2, -0.15) is 0 Å². The summed E-state index contributed by atoms with van der Waals surface area (Å²) in [7, 11) is 0. The summed E-state index contributed by atoms with van der Waals surface area (Å²) in [5.41, 5.74) is -0.692. The van der Waals surface area contributed by atoms with Gasteiger partial charge >= 0.3 is 0 Å². The summed E-state index contributed by atoms with van der Waals surface area (Å²) in [4.78, 5) is 0. The van der Waals surface area contributed by atoms with Crippen molar-refractivity contribution in [3.05, 3.63) is 0 Å². The predicted molar refractivity (Wildman–Crippen MR) is 79.0 cm³/mol. The fourth-order valence-corrected chi connectivity index (χ4v) is 1.34. The van der Waals surface area contributed by atoms with Crippen LogP contribution in [0.1, 0.15) is 0 Å². The van der Waals surface area contributed by atoms with Crippen LogP contribution in [0, 0.1) is 0 Å². The maximum absolute atomic E-state index is 9.08. The molecule has 1 unspecified atom stereocenters. The Morgan fingerprint density at radius 1 is 0.714 bits per heavy atom. The molecule has 0 fully saturated rings. The van der Waals surface area contributed by atoms with Crippen LogP contribution >= 0.6 is 11.9 Å². The zero-order valence-corrected chi connectivity index (χ0v) is 13.1. The second kappa shape index (κ2) is 18.1. The molecule has 0 rings (SSSR count). The Morgan fingerprint density at radius 2 is 1.10 bits per heavy atom. The molecule has 0 aliphatic carbocycles. The molecule has 21 heavy (non-hydrogen) atoms. The molecule has 0 bridgehead atoms. The lowest BCUT2D eigenvalue weighted by Crippen LogP contribution is -2.17. The molecule has 0 aromatic heterocycles. The van der Waals surface area contributed by atoms with Crippen LogP contribution in [0.5, 0.6) is 0 Å². The highest BCUT2D eigenvalue weighted by Gasteiger charge is 2.00. The Bertz CT molecular complexity index is 202. The molecule has 0 aromatic rings. The molecule has 0 radical (unpaired) electrons. The molecule has 4 N–H and O–H groups in total. The number of rotatable bonds is 17. The summed E-state index contributed by atoms with van der Waals surface area (Å²) < 4.78 is 26.0. The minimum atomic E-state index is -0.692. The first kappa shape index (κ1) is 21.0. The van der Waals surface area contributed by atoms with Gasteiger partial charge in [-0.3, -0.25) is 5.14 Å². The average molecular weight is 329 g/mol. The maximum Gasteiger partial charge on any atom is 0.136 e. The van der Waals surface area contributed by atoms with Gasteiger partial charge in [0, 0.05) is 0 Å². The highest BCUT2D eigenvalue weighted by atomic mass is 32.2. The van der Waals surface area contributed by atoms with Crippen molar-refractivity contribution in [2.45, 2.75) is 5.44 Å². The lowest BCUT2D eigenvalue weighted by atomic mass is 10.7. The molecule has 1 atom stereocenters. The quantitative estimate of drug-likeness (QED) is 0.175. The van der Waals surface area contributed by atoms with E-state index in [4.69, 9.17) is 39.0 Å². The fraction of sp³-hybridized carbons (Fsp3) is 1.00. The second-order valence-electron chi connectivity index (χ2n) is 3.84. The van der Waals surface area contributed by atoms with Gasteiger partial charge in [0.2, 0.25) is 0 Å². The zero-order valence-electron chi connectivity index (χ0n) is 12.3. The molecule has 128 valence electrons. The van der Waals surface area contributed by atoms with E-state index in [1.165, 1.54) is 0 Å². The third-order valence-electron chi connectivity index (χ3n) is 2.14. The molecule has 0 spiro atoms. The summed E-state index contributed by atoms with van der Waals surface area (Å²) in [6.07, 6.45) is 0. The number of hydrogen-bond donors (Lipinski definition) is 3. The predicted octanol–water partition coefficient (Wildman–Crippen LogP) is -1.01. The minimum absolute atomic E-state index is 0.0285. The Hall–Kier alpha value is 0.0300. The Kier molecular flexibility index (Phi) is 18.1. The summed E-state index contributed by atoms with van der Waals surface area (Å²) in [5, 5.41) is 22.7. The van der Waals surface area contributed by atoms with Gasteiger partial charge < -0.3 is 33.9 Å². The summed E-state index contributed by atoms with van der Waals surface area (Å²) >= 11 is 0.850. The highest BCUT2D eigenvalue weighted by molar-refractivity contribution is 7.97. The van der Waals surface area contributed by atoms with Crippen LogP contribution in [-0.4, -0.2) is 88.3 Å². The molecular weight excluding hydrogens is 302 g/mol. The first-order valence-corrected chi connectivity index (χ1v) is 7.78. The van der Waals surface area contributed by atoms with E-state index in [0.717, 1.165) is 11.9 Å². The van der Waals surface area contributed by atoms with Crippen LogP contribution in [0.25, 0.3) is 0 Å². The van der Waals surface area contributed by atoms with Crippen molar-refractivity contribution >= 4 is 11.9 Å². The molecule has 0 amide bonds. The van der Waals surface area contributed by atoms with Gasteiger partial charge in [0.25, 0.3) is 0 Å². The van der Waals surface area contributed by atoms with E-state index >= 15 is 0 Å². The molecule has 8 nitrogen and oxygen atoms in total. The summed E-state index contributed by atoms with van der Waals surface area (Å²) in [5.74, 6) is 0. The van der Waals surface area contributed by atoms with Gasteiger partial charge in [-0.05, 0) is 0 Å². The van der Waals surface area contributed by atoms with Gasteiger partial charge in [0.15, 0.2) is 0 Å². The van der Waals surface area contributed by atoms with Gasteiger partial charge in [0.05, 0.1) is 72.7 Å². The first-order chi connectivity index (χ1) is 10.3. The molecular formula is C12H27NO7S. The zero-order chi connectivity index (χ0) is 15.6. The lowest BCUT2D eigenvalue weighted by Gasteiger charge is -2.09. The van der Waals surface area contributed by atoms with Crippen LogP contribution in [0.2, 0.25) is 0 Å². The number of aliphatic hydroxyl groups excluding tert-OH is 2. The Morgan fingerprint density at radius 3 is 1.48 bits per heavy atom. The van der Waals surface area contributed by atoms with Gasteiger partial charge in [-0.15, -0.1) is 0 Å². The smallest absolute Gasteiger partial charge is 0.136 e. The molecule has 0 aromatic carbocycles. The molecule has 9 heteroatoms. The topological polar surface area (TPSA) is 113 Å². The molecule has 0 heterocycles. The van der Waals surface area contributed by atoms with Crippen molar-refractivity contribution in [1.29, 1.82) is 0 Å². The van der Waals surface area contributed by atoms with Crippen LogP contribution in [0.3, 0.4) is 0 Å². The SMILES string of the molecule is NSC(O)COCCOCCOCCOCCOCCO. The van der Waals surface area contributed by atoms with Gasteiger partial charge in [-0.1, -0.05) is 11.9 Å².